The molecule has 0 amide bonds. The molecule has 2 heterocycles. The standard InChI is InChI=1S/C17H22N6O2S/c1-23(17-15-4-5-19-16(15)20-10-21-17)13-7-12(8-13)22-26(24,25)14-3-2-11(6-14)9-18/h4-5,10-14,22H,2-3,6-8H2,1H3,(H,19,20,21)/t11-,12-,13-,14+/m0/s1. The number of hydrogen-bond acceptors (Lipinski definition) is 6. The number of H-pyrrole nitrogens is 1. The summed E-state index contributed by atoms with van der Waals surface area (Å²) < 4.78 is 27.9. The number of nitriles is 1. The fourth-order valence-electron chi connectivity index (χ4n) is 3.98. The van der Waals surface area contributed by atoms with Crippen LogP contribution in [0, 0.1) is 17.2 Å². The van der Waals surface area contributed by atoms with Crippen molar-refractivity contribution in [3.63, 3.8) is 0 Å². The normalized spacial score (nSPS) is 28.6. The highest BCUT2D eigenvalue weighted by Gasteiger charge is 2.40. The minimum Gasteiger partial charge on any atom is -0.356 e. The number of aromatic nitrogens is 3. The highest BCUT2D eigenvalue weighted by Crippen LogP contribution is 2.34. The molecule has 2 aliphatic rings. The molecule has 8 nitrogen and oxygen atoms in total. The van der Waals surface area contributed by atoms with Crippen LogP contribution >= 0.6 is 0 Å². The average Bonchev–Trinajstić information content (AvgIpc) is 3.25. The summed E-state index contributed by atoms with van der Waals surface area (Å²) in [6, 6.07) is 4.33. The van der Waals surface area contributed by atoms with Crippen LogP contribution in [0.2, 0.25) is 0 Å². The predicted octanol–water partition coefficient (Wildman–Crippen LogP) is 1.54. The van der Waals surface area contributed by atoms with Gasteiger partial charge in [-0.1, -0.05) is 0 Å². The third-order valence-corrected chi connectivity index (χ3v) is 7.63. The summed E-state index contributed by atoms with van der Waals surface area (Å²) in [6.07, 6.45) is 6.59. The Hall–Kier alpha value is -2.18. The Morgan fingerprint density at radius 2 is 2.12 bits per heavy atom. The molecule has 0 bridgehead atoms. The van der Waals surface area contributed by atoms with E-state index < -0.39 is 15.3 Å². The van der Waals surface area contributed by atoms with Crippen molar-refractivity contribution in [3.05, 3.63) is 18.6 Å². The summed E-state index contributed by atoms with van der Waals surface area (Å²) in [5, 5.41) is 9.51. The molecule has 2 N–H and O–H groups in total. The molecule has 2 aromatic heterocycles. The maximum atomic E-state index is 12.5. The van der Waals surface area contributed by atoms with Crippen molar-refractivity contribution in [1.29, 1.82) is 5.26 Å². The van der Waals surface area contributed by atoms with Gasteiger partial charge in [0.2, 0.25) is 10.0 Å². The summed E-state index contributed by atoms with van der Waals surface area (Å²) in [5.41, 5.74) is 0.798. The lowest BCUT2D eigenvalue weighted by atomic mass is 9.86. The first kappa shape index (κ1) is 17.2. The number of aromatic amines is 1. The molecule has 0 aromatic carbocycles. The maximum absolute atomic E-state index is 12.5. The monoisotopic (exact) mass is 374 g/mol. The molecular weight excluding hydrogens is 352 g/mol. The number of nitrogens with one attached hydrogen (secondary N) is 2. The van der Waals surface area contributed by atoms with Crippen LogP contribution in [-0.4, -0.2) is 47.8 Å². The molecule has 2 saturated carbocycles. The van der Waals surface area contributed by atoms with E-state index in [0.29, 0.717) is 19.3 Å². The molecule has 26 heavy (non-hydrogen) atoms. The second-order valence-electron chi connectivity index (χ2n) is 7.29. The van der Waals surface area contributed by atoms with Crippen LogP contribution in [0.4, 0.5) is 5.82 Å². The van der Waals surface area contributed by atoms with E-state index >= 15 is 0 Å². The smallest absolute Gasteiger partial charge is 0.214 e. The Balaban J connectivity index is 1.37. The number of anilines is 1. The van der Waals surface area contributed by atoms with Crippen molar-refractivity contribution < 1.29 is 8.42 Å². The lowest BCUT2D eigenvalue weighted by molar-refractivity contribution is 0.315. The van der Waals surface area contributed by atoms with Gasteiger partial charge < -0.3 is 9.88 Å². The zero-order valence-electron chi connectivity index (χ0n) is 14.6. The first-order valence-electron chi connectivity index (χ1n) is 8.89. The minimum atomic E-state index is -3.35. The van der Waals surface area contributed by atoms with Gasteiger partial charge in [0.25, 0.3) is 0 Å². The first-order chi connectivity index (χ1) is 12.5. The van der Waals surface area contributed by atoms with Crippen molar-refractivity contribution in [2.75, 3.05) is 11.9 Å². The van der Waals surface area contributed by atoms with Gasteiger partial charge >= 0.3 is 0 Å². The number of fused-ring (bicyclic) bond motifs is 1. The lowest BCUT2D eigenvalue weighted by Crippen LogP contribution is -2.54. The minimum absolute atomic E-state index is 0.0443. The highest BCUT2D eigenvalue weighted by atomic mass is 32.2. The van der Waals surface area contributed by atoms with Gasteiger partial charge in [-0.05, 0) is 38.2 Å². The van der Waals surface area contributed by atoms with E-state index in [9.17, 15) is 8.42 Å². The molecule has 138 valence electrons. The number of rotatable bonds is 5. The van der Waals surface area contributed by atoms with E-state index in [2.05, 4.69) is 30.6 Å². The van der Waals surface area contributed by atoms with E-state index in [1.807, 2.05) is 19.3 Å². The fraction of sp³-hybridized carbons (Fsp3) is 0.588. The summed E-state index contributed by atoms with van der Waals surface area (Å²) in [5.74, 6) is 0.730. The summed E-state index contributed by atoms with van der Waals surface area (Å²) in [4.78, 5) is 13.8. The lowest BCUT2D eigenvalue weighted by Gasteiger charge is -2.42. The van der Waals surface area contributed by atoms with E-state index in [0.717, 1.165) is 29.7 Å². The zero-order chi connectivity index (χ0) is 18.3. The molecule has 9 heteroatoms. The van der Waals surface area contributed by atoms with Crippen LogP contribution < -0.4 is 9.62 Å². The Bertz CT molecular complexity index is 944. The van der Waals surface area contributed by atoms with Crippen molar-refractivity contribution in [2.24, 2.45) is 5.92 Å². The molecule has 0 spiro atoms. The third kappa shape index (κ3) is 3.04. The summed E-state index contributed by atoms with van der Waals surface area (Å²) in [7, 11) is -1.37. The maximum Gasteiger partial charge on any atom is 0.214 e. The van der Waals surface area contributed by atoms with E-state index in [-0.39, 0.29) is 18.0 Å². The summed E-state index contributed by atoms with van der Waals surface area (Å²) in [6.45, 7) is 0. The quantitative estimate of drug-likeness (QED) is 0.820. The molecule has 2 atom stereocenters. The van der Waals surface area contributed by atoms with Crippen LogP contribution in [0.25, 0.3) is 11.0 Å². The van der Waals surface area contributed by atoms with Crippen molar-refractivity contribution in [2.45, 2.75) is 49.4 Å². The topological polar surface area (TPSA) is 115 Å². The third-order valence-electron chi connectivity index (χ3n) is 5.66. The van der Waals surface area contributed by atoms with Gasteiger partial charge in [0.15, 0.2) is 0 Å². The Morgan fingerprint density at radius 1 is 1.31 bits per heavy atom. The van der Waals surface area contributed by atoms with E-state index in [1.165, 1.54) is 6.33 Å². The number of hydrogen-bond donors (Lipinski definition) is 2. The average molecular weight is 374 g/mol. The molecule has 2 aliphatic carbocycles. The SMILES string of the molecule is CN(c1ncnc2[nH]ccc12)[C@H]1C[C@H](NS(=O)(=O)[C@@H]2CC[C@H](C#N)C2)C1. The van der Waals surface area contributed by atoms with Gasteiger partial charge in [-0.25, -0.2) is 23.1 Å². The Morgan fingerprint density at radius 3 is 2.85 bits per heavy atom. The number of nitrogens with zero attached hydrogens (tertiary/aromatic N) is 4. The molecule has 0 saturated heterocycles. The Kier molecular flexibility index (Phi) is 4.32. The largest absolute Gasteiger partial charge is 0.356 e. The molecule has 4 rings (SSSR count). The van der Waals surface area contributed by atoms with E-state index in [1.54, 1.807) is 0 Å². The van der Waals surface area contributed by atoms with Crippen molar-refractivity contribution in [1.82, 2.24) is 19.7 Å². The van der Waals surface area contributed by atoms with Crippen molar-refractivity contribution >= 4 is 26.9 Å². The van der Waals surface area contributed by atoms with Gasteiger partial charge in [0.05, 0.1) is 16.7 Å². The molecule has 2 fully saturated rings. The Labute approximate surface area is 152 Å². The van der Waals surface area contributed by atoms with Gasteiger partial charge in [0, 0.05) is 31.2 Å². The van der Waals surface area contributed by atoms with Gasteiger partial charge in [-0.2, -0.15) is 5.26 Å². The van der Waals surface area contributed by atoms with Gasteiger partial charge in [0.1, 0.15) is 17.8 Å². The molecular formula is C17H22N6O2S. The highest BCUT2D eigenvalue weighted by molar-refractivity contribution is 7.90. The second-order valence-corrected chi connectivity index (χ2v) is 9.29. The van der Waals surface area contributed by atoms with Gasteiger partial charge in [-0.15, -0.1) is 0 Å². The van der Waals surface area contributed by atoms with Crippen molar-refractivity contribution in [3.8, 4) is 6.07 Å². The van der Waals surface area contributed by atoms with Crippen LogP contribution in [0.3, 0.4) is 0 Å². The van der Waals surface area contributed by atoms with E-state index in [4.69, 9.17) is 5.26 Å². The zero-order valence-corrected chi connectivity index (χ0v) is 15.4. The van der Waals surface area contributed by atoms with Crippen LogP contribution in [0.1, 0.15) is 32.1 Å². The number of sulfonamides is 1. The second kappa shape index (κ2) is 6.52. The molecule has 0 aliphatic heterocycles. The molecule has 0 radical (unpaired) electrons. The molecule has 2 aromatic rings. The predicted molar refractivity (Wildman–Crippen MR) is 97.9 cm³/mol. The van der Waals surface area contributed by atoms with Crippen LogP contribution in [0.5, 0.6) is 0 Å². The fourth-order valence-corrected chi connectivity index (χ4v) is 5.76. The van der Waals surface area contributed by atoms with Crippen LogP contribution in [-0.2, 0) is 10.0 Å². The first-order valence-corrected chi connectivity index (χ1v) is 10.4. The molecule has 0 unspecified atom stereocenters. The van der Waals surface area contributed by atoms with Gasteiger partial charge in [-0.3, -0.25) is 0 Å². The van der Waals surface area contributed by atoms with Crippen LogP contribution in [0.15, 0.2) is 18.6 Å². The summed E-state index contributed by atoms with van der Waals surface area (Å²) >= 11 is 0.